The van der Waals surface area contributed by atoms with Crippen molar-refractivity contribution in [3.63, 3.8) is 0 Å². The standard InChI is InChI=1S/C17H20O3/c1-12-6-4-5-7-15(12)17(2,19)16-9-8-14(20-3)10-13(16)11-18/h4-10,18-19H,11H2,1-3H3. The van der Waals surface area contributed by atoms with Crippen molar-refractivity contribution in [2.24, 2.45) is 0 Å². The van der Waals surface area contributed by atoms with Gasteiger partial charge >= 0.3 is 0 Å². The lowest BCUT2D eigenvalue weighted by Crippen LogP contribution is -2.25. The summed E-state index contributed by atoms with van der Waals surface area (Å²) < 4.78 is 5.16. The van der Waals surface area contributed by atoms with Crippen molar-refractivity contribution in [2.75, 3.05) is 7.11 Å². The molecule has 0 amide bonds. The van der Waals surface area contributed by atoms with E-state index in [2.05, 4.69) is 0 Å². The second-order valence-electron chi connectivity index (χ2n) is 5.07. The normalized spacial score (nSPS) is 13.8. The number of methoxy groups -OCH3 is 1. The van der Waals surface area contributed by atoms with Crippen LogP contribution >= 0.6 is 0 Å². The smallest absolute Gasteiger partial charge is 0.119 e. The summed E-state index contributed by atoms with van der Waals surface area (Å²) in [4.78, 5) is 0. The average molecular weight is 272 g/mol. The predicted octanol–water partition coefficient (Wildman–Crippen LogP) is 2.75. The van der Waals surface area contributed by atoms with Crippen molar-refractivity contribution in [3.05, 3.63) is 64.7 Å². The van der Waals surface area contributed by atoms with E-state index in [-0.39, 0.29) is 6.61 Å². The molecule has 0 radical (unpaired) electrons. The maximum absolute atomic E-state index is 11.0. The first-order valence-corrected chi connectivity index (χ1v) is 6.57. The van der Waals surface area contributed by atoms with E-state index in [1.807, 2.05) is 31.2 Å². The van der Waals surface area contributed by atoms with Gasteiger partial charge < -0.3 is 14.9 Å². The lowest BCUT2D eigenvalue weighted by molar-refractivity contribution is 0.0985. The van der Waals surface area contributed by atoms with Gasteiger partial charge in [0.05, 0.1) is 13.7 Å². The van der Waals surface area contributed by atoms with Gasteiger partial charge in [-0.05, 0) is 48.2 Å². The molecule has 2 rings (SSSR count). The van der Waals surface area contributed by atoms with Gasteiger partial charge in [0.2, 0.25) is 0 Å². The fourth-order valence-corrected chi connectivity index (χ4v) is 2.57. The number of benzene rings is 2. The fourth-order valence-electron chi connectivity index (χ4n) is 2.57. The van der Waals surface area contributed by atoms with E-state index in [1.54, 1.807) is 32.2 Å². The number of ether oxygens (including phenoxy) is 1. The van der Waals surface area contributed by atoms with E-state index in [1.165, 1.54) is 0 Å². The van der Waals surface area contributed by atoms with E-state index in [0.29, 0.717) is 16.9 Å². The maximum Gasteiger partial charge on any atom is 0.119 e. The molecule has 106 valence electrons. The summed E-state index contributed by atoms with van der Waals surface area (Å²) in [7, 11) is 1.58. The summed E-state index contributed by atoms with van der Waals surface area (Å²) in [5.74, 6) is 0.665. The topological polar surface area (TPSA) is 49.7 Å². The van der Waals surface area contributed by atoms with Crippen molar-refractivity contribution >= 4 is 0 Å². The highest BCUT2D eigenvalue weighted by atomic mass is 16.5. The van der Waals surface area contributed by atoms with Gasteiger partial charge in [0.15, 0.2) is 0 Å². The molecule has 1 unspecified atom stereocenters. The largest absolute Gasteiger partial charge is 0.497 e. The molecule has 2 aromatic rings. The lowest BCUT2D eigenvalue weighted by Gasteiger charge is -2.28. The minimum absolute atomic E-state index is 0.144. The third-order valence-electron chi connectivity index (χ3n) is 3.68. The van der Waals surface area contributed by atoms with Crippen LogP contribution in [0.1, 0.15) is 29.2 Å². The van der Waals surface area contributed by atoms with E-state index in [4.69, 9.17) is 4.74 Å². The first-order chi connectivity index (χ1) is 9.50. The first-order valence-electron chi connectivity index (χ1n) is 6.57. The summed E-state index contributed by atoms with van der Waals surface area (Å²) in [6.45, 7) is 3.57. The molecule has 1 atom stereocenters. The number of aryl methyl sites for hydroxylation is 1. The van der Waals surface area contributed by atoms with Gasteiger partial charge in [-0.25, -0.2) is 0 Å². The summed E-state index contributed by atoms with van der Waals surface area (Å²) in [6, 6.07) is 13.1. The molecule has 2 N–H and O–H groups in total. The van der Waals surface area contributed by atoms with E-state index < -0.39 is 5.60 Å². The molecule has 20 heavy (non-hydrogen) atoms. The Morgan fingerprint density at radius 1 is 1.10 bits per heavy atom. The quantitative estimate of drug-likeness (QED) is 0.899. The van der Waals surface area contributed by atoms with Crippen LogP contribution in [-0.2, 0) is 12.2 Å². The first kappa shape index (κ1) is 14.6. The molecule has 0 aromatic heterocycles. The van der Waals surface area contributed by atoms with Crippen LogP contribution in [0.2, 0.25) is 0 Å². The Kier molecular flexibility index (Phi) is 4.12. The Labute approximate surface area is 119 Å². The Bertz CT molecular complexity index is 603. The van der Waals surface area contributed by atoms with Crippen LogP contribution in [0.15, 0.2) is 42.5 Å². The van der Waals surface area contributed by atoms with Crippen molar-refractivity contribution in [1.29, 1.82) is 0 Å². The molecule has 0 saturated carbocycles. The molecule has 0 heterocycles. The number of hydrogen-bond acceptors (Lipinski definition) is 3. The molecular weight excluding hydrogens is 252 g/mol. The molecule has 2 aromatic carbocycles. The van der Waals surface area contributed by atoms with Crippen molar-refractivity contribution in [1.82, 2.24) is 0 Å². The Morgan fingerprint density at radius 2 is 1.80 bits per heavy atom. The highest BCUT2D eigenvalue weighted by Crippen LogP contribution is 2.34. The molecular formula is C17H20O3. The van der Waals surface area contributed by atoms with Crippen LogP contribution in [0.3, 0.4) is 0 Å². The van der Waals surface area contributed by atoms with E-state index in [0.717, 1.165) is 11.1 Å². The molecule has 0 spiro atoms. The van der Waals surface area contributed by atoms with Crippen molar-refractivity contribution in [2.45, 2.75) is 26.1 Å². The Balaban J connectivity index is 2.57. The summed E-state index contributed by atoms with van der Waals surface area (Å²) in [5, 5.41) is 20.5. The Hall–Kier alpha value is -1.84. The van der Waals surface area contributed by atoms with E-state index >= 15 is 0 Å². The molecule has 0 aliphatic rings. The minimum Gasteiger partial charge on any atom is -0.497 e. The van der Waals surface area contributed by atoms with Crippen LogP contribution in [0, 0.1) is 6.92 Å². The Morgan fingerprint density at radius 3 is 2.40 bits per heavy atom. The zero-order valence-electron chi connectivity index (χ0n) is 12.1. The summed E-state index contributed by atoms with van der Waals surface area (Å²) >= 11 is 0. The highest BCUT2D eigenvalue weighted by Gasteiger charge is 2.29. The van der Waals surface area contributed by atoms with Gasteiger partial charge in [-0.15, -0.1) is 0 Å². The predicted molar refractivity (Wildman–Crippen MR) is 78.8 cm³/mol. The second-order valence-corrected chi connectivity index (χ2v) is 5.07. The number of aliphatic hydroxyl groups excluding tert-OH is 1. The number of rotatable bonds is 4. The third kappa shape index (κ3) is 2.55. The highest BCUT2D eigenvalue weighted by molar-refractivity contribution is 5.45. The molecule has 0 aliphatic carbocycles. The van der Waals surface area contributed by atoms with Gasteiger partial charge in [0.1, 0.15) is 11.4 Å². The fraction of sp³-hybridized carbons (Fsp3) is 0.294. The summed E-state index contributed by atoms with van der Waals surface area (Å²) in [5.41, 5.74) is 2.04. The maximum atomic E-state index is 11.0. The summed E-state index contributed by atoms with van der Waals surface area (Å²) in [6.07, 6.45) is 0. The van der Waals surface area contributed by atoms with Gasteiger partial charge in [-0.3, -0.25) is 0 Å². The zero-order chi connectivity index (χ0) is 14.8. The van der Waals surface area contributed by atoms with Crippen LogP contribution in [0.4, 0.5) is 0 Å². The molecule has 0 aliphatic heterocycles. The van der Waals surface area contributed by atoms with Crippen LogP contribution in [0.5, 0.6) is 5.75 Å². The minimum atomic E-state index is -1.16. The molecule has 0 fully saturated rings. The van der Waals surface area contributed by atoms with Gasteiger partial charge in [0.25, 0.3) is 0 Å². The van der Waals surface area contributed by atoms with Gasteiger partial charge in [-0.1, -0.05) is 30.3 Å². The molecule has 3 heteroatoms. The zero-order valence-corrected chi connectivity index (χ0v) is 12.1. The SMILES string of the molecule is COc1ccc(C(C)(O)c2ccccc2C)c(CO)c1. The van der Waals surface area contributed by atoms with Gasteiger partial charge in [-0.2, -0.15) is 0 Å². The lowest BCUT2D eigenvalue weighted by atomic mass is 9.83. The van der Waals surface area contributed by atoms with E-state index in [9.17, 15) is 10.2 Å². The van der Waals surface area contributed by atoms with Crippen molar-refractivity contribution in [3.8, 4) is 5.75 Å². The molecule has 3 nitrogen and oxygen atoms in total. The van der Waals surface area contributed by atoms with Crippen LogP contribution in [-0.4, -0.2) is 17.3 Å². The number of hydrogen-bond donors (Lipinski definition) is 2. The van der Waals surface area contributed by atoms with Gasteiger partial charge in [0, 0.05) is 0 Å². The second kappa shape index (κ2) is 5.65. The van der Waals surface area contributed by atoms with Crippen LogP contribution < -0.4 is 4.74 Å². The molecule has 0 saturated heterocycles. The van der Waals surface area contributed by atoms with Crippen molar-refractivity contribution < 1.29 is 14.9 Å². The average Bonchev–Trinajstić information content (AvgIpc) is 2.46. The number of aliphatic hydroxyl groups is 2. The van der Waals surface area contributed by atoms with Crippen LogP contribution in [0.25, 0.3) is 0 Å². The molecule has 0 bridgehead atoms. The monoisotopic (exact) mass is 272 g/mol. The third-order valence-corrected chi connectivity index (χ3v) is 3.68.